The molecule has 2 atom stereocenters. The molecule has 1 N–H and O–H groups in total. The summed E-state index contributed by atoms with van der Waals surface area (Å²) in [6.07, 6.45) is 6.81. The predicted molar refractivity (Wildman–Crippen MR) is 72.7 cm³/mol. The largest absolute Gasteiger partial charge is 0.309 e. The van der Waals surface area contributed by atoms with Crippen LogP contribution in [0.5, 0.6) is 0 Å². The number of hydrogen-bond acceptors (Lipinski definition) is 1. The van der Waals surface area contributed by atoms with Crippen LogP contribution >= 0.6 is 0 Å². The van der Waals surface area contributed by atoms with Crippen molar-refractivity contribution in [2.75, 3.05) is 0 Å². The molecule has 1 heteroatoms. The fourth-order valence-corrected chi connectivity index (χ4v) is 3.59. The Labute approximate surface area is 102 Å². The fourth-order valence-electron chi connectivity index (χ4n) is 3.59. The SMILES string of the molecule is CCC1CCCC1NC(C)(C)CC(C)(C)C. The van der Waals surface area contributed by atoms with Crippen LogP contribution in [-0.2, 0) is 0 Å². The minimum atomic E-state index is 0.278. The first-order valence-electron chi connectivity index (χ1n) is 7.01. The molecule has 1 nitrogen and oxygen atoms in total. The normalized spacial score (nSPS) is 27.4. The summed E-state index contributed by atoms with van der Waals surface area (Å²) < 4.78 is 0. The van der Waals surface area contributed by atoms with Gasteiger partial charge in [-0.1, -0.05) is 40.5 Å². The first kappa shape index (κ1) is 14.0. The first-order chi connectivity index (χ1) is 7.23. The Hall–Kier alpha value is -0.0400. The van der Waals surface area contributed by atoms with E-state index >= 15 is 0 Å². The van der Waals surface area contributed by atoms with Crippen molar-refractivity contribution in [1.29, 1.82) is 0 Å². The van der Waals surface area contributed by atoms with Crippen LogP contribution in [0, 0.1) is 11.3 Å². The summed E-state index contributed by atoms with van der Waals surface area (Å²) in [5, 5.41) is 3.91. The zero-order valence-electron chi connectivity index (χ0n) is 12.2. The van der Waals surface area contributed by atoms with Crippen molar-refractivity contribution in [3.8, 4) is 0 Å². The van der Waals surface area contributed by atoms with Crippen LogP contribution < -0.4 is 5.32 Å². The van der Waals surface area contributed by atoms with Crippen LogP contribution in [0.1, 0.15) is 73.6 Å². The maximum absolute atomic E-state index is 3.91. The fraction of sp³-hybridized carbons (Fsp3) is 1.00. The van der Waals surface area contributed by atoms with Gasteiger partial charge >= 0.3 is 0 Å². The second-order valence-electron chi connectivity index (χ2n) is 7.47. The van der Waals surface area contributed by atoms with Crippen molar-refractivity contribution in [2.45, 2.75) is 85.2 Å². The molecule has 1 rings (SSSR count). The van der Waals surface area contributed by atoms with Gasteiger partial charge in [0.25, 0.3) is 0 Å². The average molecular weight is 225 g/mol. The Balaban J connectivity index is 2.51. The molecule has 96 valence electrons. The van der Waals surface area contributed by atoms with E-state index in [4.69, 9.17) is 0 Å². The lowest BCUT2D eigenvalue weighted by Crippen LogP contribution is -2.49. The number of nitrogens with one attached hydrogen (secondary N) is 1. The van der Waals surface area contributed by atoms with Crippen molar-refractivity contribution in [1.82, 2.24) is 5.32 Å². The third kappa shape index (κ3) is 4.45. The molecule has 1 fully saturated rings. The first-order valence-corrected chi connectivity index (χ1v) is 7.01. The highest BCUT2D eigenvalue weighted by Gasteiger charge is 2.32. The van der Waals surface area contributed by atoms with E-state index in [1.807, 2.05) is 0 Å². The molecule has 0 heterocycles. The molecule has 0 aliphatic heterocycles. The van der Waals surface area contributed by atoms with Gasteiger partial charge in [0, 0.05) is 11.6 Å². The molecular formula is C15H31N. The van der Waals surface area contributed by atoms with Crippen molar-refractivity contribution < 1.29 is 0 Å². The van der Waals surface area contributed by atoms with E-state index in [-0.39, 0.29) is 5.54 Å². The third-order valence-electron chi connectivity index (χ3n) is 3.73. The molecule has 0 spiro atoms. The lowest BCUT2D eigenvalue weighted by atomic mass is 9.81. The van der Waals surface area contributed by atoms with Crippen molar-refractivity contribution in [3.05, 3.63) is 0 Å². The molecular weight excluding hydrogens is 194 g/mol. The average Bonchev–Trinajstić information content (AvgIpc) is 2.45. The summed E-state index contributed by atoms with van der Waals surface area (Å²) in [4.78, 5) is 0. The topological polar surface area (TPSA) is 12.0 Å². The lowest BCUT2D eigenvalue weighted by Gasteiger charge is -2.37. The highest BCUT2D eigenvalue weighted by molar-refractivity contribution is 4.91. The molecule has 0 aromatic heterocycles. The number of hydrogen-bond donors (Lipinski definition) is 1. The second kappa shape index (κ2) is 5.08. The maximum Gasteiger partial charge on any atom is 0.0132 e. The minimum absolute atomic E-state index is 0.278. The molecule has 0 aromatic rings. The number of rotatable bonds is 4. The van der Waals surface area contributed by atoms with E-state index in [0.29, 0.717) is 5.41 Å². The Morgan fingerprint density at radius 3 is 2.19 bits per heavy atom. The van der Waals surface area contributed by atoms with Crippen molar-refractivity contribution in [2.24, 2.45) is 11.3 Å². The van der Waals surface area contributed by atoms with E-state index in [2.05, 4.69) is 46.9 Å². The van der Waals surface area contributed by atoms with Crippen LogP contribution in [0.15, 0.2) is 0 Å². The Bertz CT molecular complexity index is 212. The van der Waals surface area contributed by atoms with Gasteiger partial charge in [0.15, 0.2) is 0 Å². The molecule has 2 unspecified atom stereocenters. The van der Waals surface area contributed by atoms with Crippen molar-refractivity contribution >= 4 is 0 Å². The molecule has 1 aliphatic rings. The molecule has 0 bridgehead atoms. The van der Waals surface area contributed by atoms with Gasteiger partial charge in [-0.2, -0.15) is 0 Å². The Morgan fingerprint density at radius 2 is 1.69 bits per heavy atom. The summed E-state index contributed by atoms with van der Waals surface area (Å²) >= 11 is 0. The van der Waals surface area contributed by atoms with Gasteiger partial charge in [0.1, 0.15) is 0 Å². The zero-order valence-corrected chi connectivity index (χ0v) is 12.2. The van der Waals surface area contributed by atoms with Gasteiger partial charge in [-0.25, -0.2) is 0 Å². The standard InChI is InChI=1S/C15H31N/c1-7-12-9-8-10-13(12)16-15(5,6)11-14(2,3)4/h12-13,16H,7-11H2,1-6H3. The van der Waals surface area contributed by atoms with Crippen LogP contribution in [0.4, 0.5) is 0 Å². The second-order valence-corrected chi connectivity index (χ2v) is 7.47. The molecule has 0 radical (unpaired) electrons. The van der Waals surface area contributed by atoms with Crippen LogP contribution in [-0.4, -0.2) is 11.6 Å². The molecule has 0 aromatic carbocycles. The van der Waals surface area contributed by atoms with Gasteiger partial charge in [0.2, 0.25) is 0 Å². The molecule has 0 amide bonds. The van der Waals surface area contributed by atoms with Crippen LogP contribution in [0.25, 0.3) is 0 Å². The van der Waals surface area contributed by atoms with Gasteiger partial charge in [-0.3, -0.25) is 0 Å². The molecule has 1 aliphatic carbocycles. The minimum Gasteiger partial charge on any atom is -0.309 e. The molecule has 0 saturated heterocycles. The highest BCUT2D eigenvalue weighted by atomic mass is 15.0. The smallest absolute Gasteiger partial charge is 0.0132 e. The lowest BCUT2D eigenvalue weighted by molar-refractivity contribution is 0.205. The summed E-state index contributed by atoms with van der Waals surface area (Å²) in [6.45, 7) is 14.1. The van der Waals surface area contributed by atoms with Crippen LogP contribution in [0.2, 0.25) is 0 Å². The van der Waals surface area contributed by atoms with E-state index in [9.17, 15) is 0 Å². The predicted octanol–water partition coefficient (Wildman–Crippen LogP) is 4.37. The molecule has 16 heavy (non-hydrogen) atoms. The van der Waals surface area contributed by atoms with Crippen LogP contribution in [0.3, 0.4) is 0 Å². The van der Waals surface area contributed by atoms with Gasteiger partial charge in [0.05, 0.1) is 0 Å². The van der Waals surface area contributed by atoms with Gasteiger partial charge in [-0.05, 0) is 44.4 Å². The third-order valence-corrected chi connectivity index (χ3v) is 3.73. The van der Waals surface area contributed by atoms with E-state index < -0.39 is 0 Å². The van der Waals surface area contributed by atoms with Gasteiger partial charge < -0.3 is 5.32 Å². The monoisotopic (exact) mass is 225 g/mol. The summed E-state index contributed by atoms with van der Waals surface area (Å²) in [5.74, 6) is 0.916. The quantitative estimate of drug-likeness (QED) is 0.749. The van der Waals surface area contributed by atoms with Crippen molar-refractivity contribution in [3.63, 3.8) is 0 Å². The Kier molecular flexibility index (Phi) is 4.45. The van der Waals surface area contributed by atoms with E-state index in [1.165, 1.54) is 32.1 Å². The molecule has 1 saturated carbocycles. The highest BCUT2D eigenvalue weighted by Crippen LogP contribution is 2.32. The summed E-state index contributed by atoms with van der Waals surface area (Å²) in [7, 11) is 0. The van der Waals surface area contributed by atoms with E-state index in [0.717, 1.165) is 12.0 Å². The maximum atomic E-state index is 3.91. The summed E-state index contributed by atoms with van der Waals surface area (Å²) in [6, 6.07) is 0.766. The Morgan fingerprint density at radius 1 is 1.06 bits per heavy atom. The zero-order chi connectivity index (χ0) is 12.4. The van der Waals surface area contributed by atoms with E-state index in [1.54, 1.807) is 0 Å². The van der Waals surface area contributed by atoms with Gasteiger partial charge in [-0.15, -0.1) is 0 Å². The summed E-state index contributed by atoms with van der Waals surface area (Å²) in [5.41, 5.74) is 0.692.